The van der Waals surface area contributed by atoms with Gasteiger partial charge in [-0.2, -0.15) is 0 Å². The SMILES string of the molecule is CC(C)C[C@H](NC(=O)[C@H](Cc1ccccc1)NC(=O)CNC(=O)OCc1ccccc1)C(=O)O. The van der Waals surface area contributed by atoms with Gasteiger partial charge in [0.25, 0.3) is 0 Å². The molecule has 0 saturated heterocycles. The molecule has 0 radical (unpaired) electrons. The zero-order valence-electron chi connectivity index (χ0n) is 19.3. The van der Waals surface area contributed by atoms with Crippen LogP contribution in [0.1, 0.15) is 31.4 Å². The zero-order valence-corrected chi connectivity index (χ0v) is 19.3. The van der Waals surface area contributed by atoms with Crippen LogP contribution in [-0.4, -0.2) is 47.6 Å². The number of carbonyl (C=O) groups excluding carboxylic acids is 3. The van der Waals surface area contributed by atoms with E-state index in [4.69, 9.17) is 4.74 Å². The fraction of sp³-hybridized carbons (Fsp3) is 0.360. The first-order valence-electron chi connectivity index (χ1n) is 11.1. The van der Waals surface area contributed by atoms with Gasteiger partial charge in [-0.05, 0) is 23.5 Å². The first-order valence-corrected chi connectivity index (χ1v) is 11.1. The van der Waals surface area contributed by atoms with E-state index in [1.165, 1.54) is 0 Å². The van der Waals surface area contributed by atoms with Crippen molar-refractivity contribution in [3.8, 4) is 0 Å². The number of nitrogens with one attached hydrogen (secondary N) is 3. The summed E-state index contributed by atoms with van der Waals surface area (Å²) in [6.45, 7) is 3.36. The molecule has 2 aromatic rings. The minimum atomic E-state index is -1.14. The summed E-state index contributed by atoms with van der Waals surface area (Å²) < 4.78 is 5.07. The largest absolute Gasteiger partial charge is 0.480 e. The van der Waals surface area contributed by atoms with Gasteiger partial charge in [-0.1, -0.05) is 74.5 Å². The third-order valence-corrected chi connectivity index (χ3v) is 4.86. The van der Waals surface area contributed by atoms with Crippen molar-refractivity contribution in [2.45, 2.75) is 45.4 Å². The number of carboxylic acid groups (broad SMARTS) is 1. The van der Waals surface area contributed by atoms with E-state index < -0.39 is 42.5 Å². The second-order valence-corrected chi connectivity index (χ2v) is 8.25. The maximum Gasteiger partial charge on any atom is 0.407 e. The first-order chi connectivity index (χ1) is 16.2. The number of carboxylic acids is 1. The summed E-state index contributed by atoms with van der Waals surface area (Å²) in [6.07, 6.45) is -0.363. The predicted molar refractivity (Wildman–Crippen MR) is 126 cm³/mol. The standard InChI is InChI=1S/C25H31N3O6/c1-17(2)13-21(24(31)32)28-23(30)20(14-18-9-5-3-6-10-18)27-22(29)15-26-25(33)34-16-19-11-7-4-8-12-19/h3-12,17,20-21H,13-16H2,1-2H3,(H,26,33)(H,27,29)(H,28,30)(H,31,32)/t20-,21-/m0/s1. The lowest BCUT2D eigenvalue weighted by Gasteiger charge is -2.22. The molecule has 0 aliphatic heterocycles. The Morgan fingerprint density at radius 3 is 2.00 bits per heavy atom. The van der Waals surface area contributed by atoms with E-state index in [-0.39, 0.29) is 25.4 Å². The molecule has 182 valence electrons. The highest BCUT2D eigenvalue weighted by atomic mass is 16.5. The number of alkyl carbamates (subject to hydrolysis) is 1. The molecule has 0 fully saturated rings. The monoisotopic (exact) mass is 469 g/mol. The molecule has 34 heavy (non-hydrogen) atoms. The maximum atomic E-state index is 12.9. The van der Waals surface area contributed by atoms with Crippen LogP contribution in [0.25, 0.3) is 0 Å². The van der Waals surface area contributed by atoms with Gasteiger partial charge in [0, 0.05) is 6.42 Å². The third-order valence-electron chi connectivity index (χ3n) is 4.86. The average molecular weight is 470 g/mol. The molecule has 9 nitrogen and oxygen atoms in total. The van der Waals surface area contributed by atoms with E-state index in [0.717, 1.165) is 11.1 Å². The Kier molecular flexibility index (Phi) is 10.6. The molecule has 2 atom stereocenters. The molecule has 0 saturated carbocycles. The number of hydrogen-bond acceptors (Lipinski definition) is 5. The number of aliphatic carboxylic acids is 1. The first kappa shape index (κ1) is 26.4. The van der Waals surface area contributed by atoms with Crippen molar-refractivity contribution in [3.63, 3.8) is 0 Å². The van der Waals surface area contributed by atoms with Crippen LogP contribution in [-0.2, 0) is 32.1 Å². The molecule has 3 amide bonds. The minimum absolute atomic E-state index is 0.0506. The van der Waals surface area contributed by atoms with Gasteiger partial charge >= 0.3 is 12.1 Å². The minimum Gasteiger partial charge on any atom is -0.480 e. The highest BCUT2D eigenvalue weighted by Gasteiger charge is 2.27. The van der Waals surface area contributed by atoms with Crippen molar-refractivity contribution in [1.29, 1.82) is 0 Å². The summed E-state index contributed by atoms with van der Waals surface area (Å²) in [4.78, 5) is 48.8. The number of ether oxygens (including phenoxy) is 1. The quantitative estimate of drug-likeness (QED) is 0.377. The van der Waals surface area contributed by atoms with E-state index in [0.29, 0.717) is 0 Å². The highest BCUT2D eigenvalue weighted by molar-refractivity contribution is 5.91. The van der Waals surface area contributed by atoms with Gasteiger partial charge in [0.2, 0.25) is 11.8 Å². The summed E-state index contributed by atoms with van der Waals surface area (Å²) in [7, 11) is 0. The van der Waals surface area contributed by atoms with Gasteiger partial charge in [0.15, 0.2) is 0 Å². The number of rotatable bonds is 12. The van der Waals surface area contributed by atoms with Crippen molar-refractivity contribution in [3.05, 3.63) is 71.8 Å². The lowest BCUT2D eigenvalue weighted by Crippen LogP contribution is -2.54. The number of amides is 3. The molecule has 0 aliphatic rings. The van der Waals surface area contributed by atoms with Crippen LogP contribution in [0.4, 0.5) is 4.79 Å². The van der Waals surface area contributed by atoms with Crippen LogP contribution in [0.2, 0.25) is 0 Å². The van der Waals surface area contributed by atoms with E-state index in [1.54, 1.807) is 36.4 Å². The smallest absolute Gasteiger partial charge is 0.407 e. The molecule has 9 heteroatoms. The Hall–Kier alpha value is -3.88. The Balaban J connectivity index is 1.95. The molecule has 0 heterocycles. The Morgan fingerprint density at radius 1 is 0.853 bits per heavy atom. The van der Waals surface area contributed by atoms with Gasteiger partial charge in [-0.3, -0.25) is 9.59 Å². The van der Waals surface area contributed by atoms with Crippen LogP contribution in [0.15, 0.2) is 60.7 Å². The predicted octanol–water partition coefficient (Wildman–Crippen LogP) is 2.26. The normalized spacial score (nSPS) is 12.3. The van der Waals surface area contributed by atoms with Gasteiger partial charge in [-0.25, -0.2) is 9.59 Å². The van der Waals surface area contributed by atoms with E-state index in [1.807, 2.05) is 38.1 Å². The molecular formula is C25H31N3O6. The van der Waals surface area contributed by atoms with Gasteiger partial charge in [-0.15, -0.1) is 0 Å². The van der Waals surface area contributed by atoms with Gasteiger partial charge in [0.05, 0.1) is 0 Å². The summed E-state index contributed by atoms with van der Waals surface area (Å²) in [5.41, 5.74) is 1.59. The van der Waals surface area contributed by atoms with Crippen molar-refractivity contribution >= 4 is 23.9 Å². The van der Waals surface area contributed by atoms with Crippen LogP contribution < -0.4 is 16.0 Å². The molecule has 0 bridgehead atoms. The lowest BCUT2D eigenvalue weighted by molar-refractivity contribution is -0.142. The van der Waals surface area contributed by atoms with Crippen LogP contribution >= 0.6 is 0 Å². The Morgan fingerprint density at radius 2 is 1.44 bits per heavy atom. The van der Waals surface area contributed by atoms with Crippen LogP contribution in [0.3, 0.4) is 0 Å². The van der Waals surface area contributed by atoms with E-state index in [9.17, 15) is 24.3 Å². The van der Waals surface area contributed by atoms with Crippen molar-refractivity contribution in [1.82, 2.24) is 16.0 Å². The zero-order chi connectivity index (χ0) is 24.9. The third kappa shape index (κ3) is 9.72. The molecule has 0 unspecified atom stereocenters. The fourth-order valence-corrected chi connectivity index (χ4v) is 3.20. The van der Waals surface area contributed by atoms with Crippen molar-refractivity contribution in [2.75, 3.05) is 6.54 Å². The number of benzene rings is 2. The summed E-state index contributed by atoms with van der Waals surface area (Å²) >= 11 is 0. The fourth-order valence-electron chi connectivity index (χ4n) is 3.20. The summed E-state index contributed by atoms with van der Waals surface area (Å²) in [5.74, 6) is -2.32. The van der Waals surface area contributed by atoms with Gasteiger partial charge in [0.1, 0.15) is 25.2 Å². The van der Waals surface area contributed by atoms with Crippen molar-refractivity contribution in [2.24, 2.45) is 5.92 Å². The summed E-state index contributed by atoms with van der Waals surface area (Å²) in [5, 5.41) is 16.9. The Labute approximate surface area is 198 Å². The lowest BCUT2D eigenvalue weighted by atomic mass is 10.0. The highest BCUT2D eigenvalue weighted by Crippen LogP contribution is 2.08. The van der Waals surface area contributed by atoms with E-state index in [2.05, 4.69) is 16.0 Å². The molecule has 0 aliphatic carbocycles. The van der Waals surface area contributed by atoms with Gasteiger partial charge < -0.3 is 25.8 Å². The summed E-state index contributed by atoms with van der Waals surface area (Å²) in [6, 6.07) is 16.0. The second-order valence-electron chi connectivity index (χ2n) is 8.25. The number of hydrogen-bond donors (Lipinski definition) is 4. The molecule has 2 rings (SSSR count). The van der Waals surface area contributed by atoms with Crippen LogP contribution in [0.5, 0.6) is 0 Å². The molecule has 0 aromatic heterocycles. The maximum absolute atomic E-state index is 12.9. The average Bonchev–Trinajstić information content (AvgIpc) is 2.81. The topological polar surface area (TPSA) is 134 Å². The number of carbonyl (C=O) groups is 4. The Bertz CT molecular complexity index is 950. The molecule has 4 N–H and O–H groups in total. The second kappa shape index (κ2) is 13.6. The molecular weight excluding hydrogens is 438 g/mol. The molecule has 2 aromatic carbocycles. The van der Waals surface area contributed by atoms with Crippen molar-refractivity contribution < 1.29 is 29.0 Å². The van der Waals surface area contributed by atoms with Crippen LogP contribution in [0, 0.1) is 5.92 Å². The molecule has 0 spiro atoms. The van der Waals surface area contributed by atoms with E-state index >= 15 is 0 Å².